The van der Waals surface area contributed by atoms with Gasteiger partial charge in [0.25, 0.3) is 0 Å². The third kappa shape index (κ3) is 8.74. The van der Waals surface area contributed by atoms with E-state index in [0.717, 1.165) is 54.2 Å². The van der Waals surface area contributed by atoms with E-state index in [1.165, 1.54) is 31.7 Å². The van der Waals surface area contributed by atoms with Gasteiger partial charge >= 0.3 is 5.97 Å². The van der Waals surface area contributed by atoms with Crippen molar-refractivity contribution in [3.63, 3.8) is 0 Å². The Hall–Kier alpha value is -3.54. The maximum absolute atomic E-state index is 14.9. The van der Waals surface area contributed by atoms with Crippen molar-refractivity contribution in [1.29, 1.82) is 0 Å². The van der Waals surface area contributed by atoms with Crippen molar-refractivity contribution >= 4 is 11.7 Å². The van der Waals surface area contributed by atoms with Gasteiger partial charge in [0.2, 0.25) is 0 Å². The van der Waals surface area contributed by atoms with Gasteiger partial charge in [-0.25, -0.2) is 4.39 Å². The van der Waals surface area contributed by atoms with Gasteiger partial charge in [-0.3, -0.25) is 4.79 Å². The van der Waals surface area contributed by atoms with Crippen LogP contribution in [0.25, 0.3) is 11.1 Å². The smallest absolute Gasteiger partial charge is 0.303 e. The Labute approximate surface area is 231 Å². The number of aryl methyl sites for hydroxylation is 1. The zero-order valence-electron chi connectivity index (χ0n) is 23.1. The molecule has 0 radical (unpaired) electrons. The van der Waals surface area contributed by atoms with Crippen molar-refractivity contribution in [2.24, 2.45) is 5.92 Å². The largest absolute Gasteiger partial charge is 0.497 e. The monoisotopic (exact) mass is 533 g/mol. The van der Waals surface area contributed by atoms with Gasteiger partial charge in [-0.15, -0.1) is 0 Å². The summed E-state index contributed by atoms with van der Waals surface area (Å²) in [5.74, 6) is 1.32. The molecule has 1 aliphatic heterocycles. The number of carboxylic acids is 1. The minimum atomic E-state index is -0.815. The van der Waals surface area contributed by atoms with Gasteiger partial charge in [0.15, 0.2) is 0 Å². The molecule has 208 valence electrons. The molecule has 1 aliphatic carbocycles. The molecule has 0 bridgehead atoms. The fourth-order valence-corrected chi connectivity index (χ4v) is 4.68. The van der Waals surface area contributed by atoms with E-state index < -0.39 is 5.97 Å². The molecule has 2 aliphatic rings. The third-order valence-corrected chi connectivity index (χ3v) is 7.27. The summed E-state index contributed by atoms with van der Waals surface area (Å²) in [4.78, 5) is 13.2. The summed E-state index contributed by atoms with van der Waals surface area (Å²) in [6, 6.07) is 18.4. The molecule has 39 heavy (non-hydrogen) atoms. The lowest BCUT2D eigenvalue weighted by atomic mass is 9.99. The number of benzene rings is 3. The molecule has 1 heterocycles. The summed E-state index contributed by atoms with van der Waals surface area (Å²) >= 11 is 0. The van der Waals surface area contributed by atoms with Crippen molar-refractivity contribution in [3.05, 3.63) is 77.6 Å². The Morgan fingerprint density at radius 3 is 2.33 bits per heavy atom. The number of rotatable bonds is 9. The van der Waals surface area contributed by atoms with Crippen LogP contribution in [0.2, 0.25) is 0 Å². The van der Waals surface area contributed by atoms with Crippen LogP contribution >= 0.6 is 0 Å². The van der Waals surface area contributed by atoms with Crippen LogP contribution in [0.15, 0.2) is 60.7 Å². The van der Waals surface area contributed by atoms with Gasteiger partial charge in [-0.1, -0.05) is 56.9 Å². The molecule has 2 fully saturated rings. The Morgan fingerprint density at radius 1 is 0.923 bits per heavy atom. The molecule has 0 amide bonds. The van der Waals surface area contributed by atoms with E-state index in [2.05, 4.69) is 17.9 Å². The normalized spacial score (nSPS) is 15.1. The fraction of sp³-hybridized carbons (Fsp3) is 0.424. The maximum atomic E-state index is 14.9. The number of nitrogens with zero attached hydrogens (tertiary/aromatic N) is 1. The number of carboxylic acid groups (broad SMARTS) is 1. The average Bonchev–Trinajstić information content (AvgIpc) is 3.78. The molecule has 3 aromatic rings. The summed E-state index contributed by atoms with van der Waals surface area (Å²) < 4.78 is 26.3. The van der Waals surface area contributed by atoms with Gasteiger partial charge < -0.3 is 19.5 Å². The first-order valence-electron chi connectivity index (χ1n) is 14.1. The molecule has 1 N–H and O–H groups in total. The minimum absolute atomic E-state index is 0.0882. The summed E-state index contributed by atoms with van der Waals surface area (Å²) in [7, 11) is 1.59. The van der Waals surface area contributed by atoms with Crippen LogP contribution in [-0.4, -0.2) is 31.3 Å². The molecule has 5 nitrogen and oxygen atoms in total. The summed E-state index contributed by atoms with van der Waals surface area (Å²) in [5.41, 5.74) is 4.31. The molecule has 0 atom stereocenters. The van der Waals surface area contributed by atoms with Crippen LogP contribution in [-0.2, 0) is 17.8 Å². The second-order valence-electron chi connectivity index (χ2n) is 10.6. The van der Waals surface area contributed by atoms with Gasteiger partial charge in [-0.05, 0) is 72.7 Å². The molecule has 5 rings (SSSR count). The topological polar surface area (TPSA) is 59.0 Å². The highest BCUT2D eigenvalue weighted by molar-refractivity contribution is 5.80. The standard InChI is InChI=1S/C29H32FNO4.C4H8/c1-34-23-11-13-27(30)26(19-23)25-12-9-22(18-28(25)31-15-4-2-3-5-16-31)20-35-24-8-6-7-21(17-24)10-14-29(32)33;1-4-2-3-4/h6-9,11-13,17-19H,2-5,10,14-16,20H2,1H3,(H,32,33);4H,2-3H2,1H3. The number of aliphatic carboxylic acids is 1. The highest BCUT2D eigenvalue weighted by atomic mass is 19.1. The Morgan fingerprint density at radius 2 is 1.67 bits per heavy atom. The molecular formula is C33H40FNO4. The lowest BCUT2D eigenvalue weighted by Gasteiger charge is -2.26. The lowest BCUT2D eigenvalue weighted by molar-refractivity contribution is -0.136. The zero-order valence-corrected chi connectivity index (χ0v) is 23.1. The van der Waals surface area contributed by atoms with Crippen molar-refractivity contribution < 1.29 is 23.8 Å². The molecule has 1 saturated carbocycles. The number of halogens is 1. The number of hydrogen-bond acceptors (Lipinski definition) is 4. The van der Waals surface area contributed by atoms with E-state index in [4.69, 9.17) is 14.6 Å². The minimum Gasteiger partial charge on any atom is -0.497 e. The highest BCUT2D eigenvalue weighted by Gasteiger charge is 2.18. The van der Waals surface area contributed by atoms with Gasteiger partial charge in [0.1, 0.15) is 23.9 Å². The molecule has 1 saturated heterocycles. The molecule has 0 unspecified atom stereocenters. The van der Waals surface area contributed by atoms with E-state index >= 15 is 0 Å². The van der Waals surface area contributed by atoms with E-state index in [0.29, 0.717) is 30.1 Å². The Bertz CT molecular complexity index is 1230. The number of ether oxygens (including phenoxy) is 2. The quantitative estimate of drug-likeness (QED) is 0.303. The van der Waals surface area contributed by atoms with Crippen molar-refractivity contribution in [3.8, 4) is 22.6 Å². The average molecular weight is 534 g/mol. The number of carbonyl (C=O) groups is 1. The lowest BCUT2D eigenvalue weighted by Crippen LogP contribution is -2.24. The number of hydrogen-bond donors (Lipinski definition) is 1. The second kappa shape index (κ2) is 14.0. The van der Waals surface area contributed by atoms with Gasteiger partial charge in [0, 0.05) is 36.3 Å². The van der Waals surface area contributed by atoms with Crippen LogP contribution in [0.5, 0.6) is 11.5 Å². The van der Waals surface area contributed by atoms with Crippen LogP contribution < -0.4 is 14.4 Å². The summed E-state index contributed by atoms with van der Waals surface area (Å²) in [6.07, 6.45) is 8.17. The third-order valence-electron chi connectivity index (χ3n) is 7.27. The molecular weight excluding hydrogens is 493 g/mol. The summed E-state index contributed by atoms with van der Waals surface area (Å²) in [5, 5.41) is 8.93. The first kappa shape index (κ1) is 28.5. The van der Waals surface area contributed by atoms with E-state index in [9.17, 15) is 9.18 Å². The van der Waals surface area contributed by atoms with Crippen LogP contribution in [0, 0.1) is 11.7 Å². The molecule has 0 spiro atoms. The maximum Gasteiger partial charge on any atom is 0.303 e. The number of anilines is 1. The fourth-order valence-electron chi connectivity index (χ4n) is 4.68. The van der Waals surface area contributed by atoms with E-state index in [1.807, 2.05) is 36.4 Å². The van der Waals surface area contributed by atoms with Gasteiger partial charge in [0.05, 0.1) is 7.11 Å². The Balaban J connectivity index is 0.000000808. The predicted octanol–water partition coefficient (Wildman–Crippen LogP) is 7.89. The van der Waals surface area contributed by atoms with Crippen molar-refractivity contribution in [2.45, 2.75) is 64.9 Å². The van der Waals surface area contributed by atoms with Crippen molar-refractivity contribution in [1.82, 2.24) is 0 Å². The Kier molecular flexibility index (Phi) is 10.2. The number of methoxy groups -OCH3 is 1. The van der Waals surface area contributed by atoms with Gasteiger partial charge in [-0.2, -0.15) is 0 Å². The highest BCUT2D eigenvalue weighted by Crippen LogP contribution is 2.37. The molecule has 3 aromatic carbocycles. The van der Waals surface area contributed by atoms with Crippen LogP contribution in [0.3, 0.4) is 0 Å². The summed E-state index contributed by atoms with van der Waals surface area (Å²) in [6.45, 7) is 4.52. The molecule has 0 aromatic heterocycles. The first-order chi connectivity index (χ1) is 18.9. The van der Waals surface area contributed by atoms with Crippen LogP contribution in [0.1, 0.15) is 63.0 Å². The predicted molar refractivity (Wildman–Crippen MR) is 154 cm³/mol. The van der Waals surface area contributed by atoms with Crippen LogP contribution in [0.4, 0.5) is 10.1 Å². The van der Waals surface area contributed by atoms with Crippen molar-refractivity contribution in [2.75, 3.05) is 25.1 Å². The first-order valence-corrected chi connectivity index (χ1v) is 14.1. The van der Waals surface area contributed by atoms with E-state index in [1.54, 1.807) is 19.2 Å². The SMILES string of the molecule is CC1CC1.COc1ccc(F)c(-c2ccc(COc3cccc(CCC(=O)O)c3)cc2N2CCCCCC2)c1. The molecule has 6 heteroatoms. The zero-order chi connectivity index (χ0) is 27.6. The van der Waals surface area contributed by atoms with E-state index in [-0.39, 0.29) is 12.2 Å². The second-order valence-corrected chi connectivity index (χ2v) is 10.6.